The number of nitrogens with one attached hydrogen (secondary N) is 2. The van der Waals surface area contributed by atoms with E-state index in [1.54, 1.807) is 12.1 Å². The predicted octanol–water partition coefficient (Wildman–Crippen LogP) is 3.54. The largest absolute Gasteiger partial charge is 0.496 e. The first kappa shape index (κ1) is 20.3. The lowest BCUT2D eigenvalue weighted by Gasteiger charge is -2.07. The van der Waals surface area contributed by atoms with Crippen LogP contribution in [-0.2, 0) is 16.2 Å². The van der Waals surface area contributed by atoms with Crippen LogP contribution in [0.4, 0.5) is 15.9 Å². The van der Waals surface area contributed by atoms with Gasteiger partial charge in [0.2, 0.25) is 11.7 Å². The van der Waals surface area contributed by atoms with Crippen molar-refractivity contribution in [1.29, 1.82) is 0 Å². The van der Waals surface area contributed by atoms with Gasteiger partial charge in [-0.3, -0.25) is 9.73 Å². The van der Waals surface area contributed by atoms with E-state index in [1.165, 1.54) is 31.5 Å². The number of carbonyl (C=O) groups is 1. The Morgan fingerprint density at radius 2 is 2.14 bits per heavy atom. The maximum Gasteiger partial charge on any atom is 0.230 e. The van der Waals surface area contributed by atoms with Gasteiger partial charge < -0.3 is 10.1 Å². The van der Waals surface area contributed by atoms with E-state index in [2.05, 4.69) is 46.8 Å². The van der Waals surface area contributed by atoms with Crippen LogP contribution < -0.4 is 15.5 Å². The molecule has 0 radical (unpaired) electrons. The third kappa shape index (κ3) is 5.51. The number of rotatable bonds is 8. The number of carbonyl (C=O) groups excluding carboxylic acids is 1. The van der Waals surface area contributed by atoms with Gasteiger partial charge in [-0.05, 0) is 50.5 Å². The molecular formula is C18H15BrFN5O4. The fourth-order valence-electron chi connectivity index (χ4n) is 2.28. The monoisotopic (exact) mass is 463 g/mol. The van der Waals surface area contributed by atoms with E-state index in [4.69, 9.17) is 9.68 Å². The number of aromatic nitrogens is 2. The molecule has 2 N–H and O–H groups in total. The van der Waals surface area contributed by atoms with Crippen LogP contribution in [0.3, 0.4) is 0 Å². The Morgan fingerprint density at radius 3 is 2.93 bits per heavy atom. The molecule has 0 aliphatic carbocycles. The molecule has 1 aromatic heterocycles. The quantitative estimate of drug-likeness (QED) is 0.388. The Balaban J connectivity index is 1.56. The minimum absolute atomic E-state index is 0.0744. The average molecular weight is 464 g/mol. The normalized spacial score (nSPS) is 10.7. The summed E-state index contributed by atoms with van der Waals surface area (Å²) < 4.78 is 23.3. The molecule has 0 saturated carbocycles. The number of benzene rings is 2. The summed E-state index contributed by atoms with van der Waals surface area (Å²) in [5.74, 6) is -0.0484. The van der Waals surface area contributed by atoms with Gasteiger partial charge in [-0.2, -0.15) is 5.48 Å². The lowest BCUT2D eigenvalue weighted by atomic mass is 10.1. The van der Waals surface area contributed by atoms with Crippen molar-refractivity contribution in [2.45, 2.75) is 6.42 Å². The Hall–Kier alpha value is -3.47. The summed E-state index contributed by atoms with van der Waals surface area (Å²) in [6.07, 6.45) is 1.27. The molecule has 0 unspecified atom stereocenters. The lowest BCUT2D eigenvalue weighted by molar-refractivity contribution is -0.115. The van der Waals surface area contributed by atoms with Crippen LogP contribution in [-0.4, -0.2) is 29.5 Å². The maximum absolute atomic E-state index is 13.2. The zero-order valence-electron chi connectivity index (χ0n) is 15.1. The van der Waals surface area contributed by atoms with Gasteiger partial charge in [-0.1, -0.05) is 23.4 Å². The molecular weight excluding hydrogens is 449 g/mol. The molecule has 1 amide bonds. The highest BCUT2D eigenvalue weighted by Gasteiger charge is 2.14. The fourth-order valence-corrected chi connectivity index (χ4v) is 2.66. The van der Waals surface area contributed by atoms with Crippen LogP contribution >= 0.6 is 15.9 Å². The highest BCUT2D eigenvalue weighted by Crippen LogP contribution is 2.20. The molecule has 11 heteroatoms. The van der Waals surface area contributed by atoms with Gasteiger partial charge in [0.1, 0.15) is 17.8 Å². The molecule has 29 heavy (non-hydrogen) atoms. The zero-order valence-corrected chi connectivity index (χ0v) is 16.6. The molecule has 0 spiro atoms. The van der Waals surface area contributed by atoms with Crippen LogP contribution in [0.5, 0.6) is 5.75 Å². The molecule has 1 heterocycles. The minimum Gasteiger partial charge on any atom is -0.496 e. The van der Waals surface area contributed by atoms with Crippen LogP contribution in [0.2, 0.25) is 0 Å². The van der Waals surface area contributed by atoms with Crippen LogP contribution in [0.15, 0.2) is 56.7 Å². The van der Waals surface area contributed by atoms with Gasteiger partial charge in [0.05, 0.1) is 23.7 Å². The van der Waals surface area contributed by atoms with E-state index < -0.39 is 5.82 Å². The van der Waals surface area contributed by atoms with E-state index in [1.807, 2.05) is 12.1 Å². The summed E-state index contributed by atoms with van der Waals surface area (Å²) in [6, 6.07) is 11.4. The second kappa shape index (κ2) is 9.64. The summed E-state index contributed by atoms with van der Waals surface area (Å²) in [5, 5.41) is 13.5. The highest BCUT2D eigenvalue weighted by molar-refractivity contribution is 9.10. The molecule has 0 bridgehead atoms. The van der Waals surface area contributed by atoms with Gasteiger partial charge in [0.15, 0.2) is 5.69 Å². The smallest absolute Gasteiger partial charge is 0.230 e. The van der Waals surface area contributed by atoms with Gasteiger partial charge in [-0.25, -0.2) is 9.02 Å². The van der Waals surface area contributed by atoms with Crippen molar-refractivity contribution in [2.75, 3.05) is 17.9 Å². The maximum atomic E-state index is 13.2. The molecule has 2 aromatic carbocycles. The van der Waals surface area contributed by atoms with Crippen molar-refractivity contribution in [3.8, 4) is 5.75 Å². The standard InChI is InChI=1S/C18H15BrFN5O4/c1-27-16-5-3-2-4-11(16)8-17(26)22-18-15(24-29-25-18)10-21-28-23-12-6-7-14(20)13(19)9-12/h2-7,9-10,23H,8H2,1H3,(H,22,25,26)/b21-10+. The summed E-state index contributed by atoms with van der Waals surface area (Å²) in [5.41, 5.74) is 3.85. The van der Waals surface area contributed by atoms with E-state index in [0.717, 1.165) is 5.56 Å². The molecule has 0 atom stereocenters. The minimum atomic E-state index is -0.402. The third-order valence-corrected chi connectivity index (χ3v) is 4.23. The predicted molar refractivity (Wildman–Crippen MR) is 106 cm³/mol. The van der Waals surface area contributed by atoms with Crippen molar-refractivity contribution < 1.29 is 23.5 Å². The number of para-hydroxylation sites is 1. The topological polar surface area (TPSA) is 111 Å². The fraction of sp³-hybridized carbons (Fsp3) is 0.111. The molecule has 9 nitrogen and oxygen atoms in total. The molecule has 150 valence electrons. The molecule has 0 aliphatic rings. The second-order valence-electron chi connectivity index (χ2n) is 5.59. The van der Waals surface area contributed by atoms with Gasteiger partial charge in [-0.15, -0.1) is 0 Å². The van der Waals surface area contributed by atoms with Crippen molar-refractivity contribution in [2.24, 2.45) is 5.16 Å². The van der Waals surface area contributed by atoms with Crippen molar-refractivity contribution in [1.82, 2.24) is 10.3 Å². The van der Waals surface area contributed by atoms with Crippen molar-refractivity contribution >= 4 is 39.6 Å². The number of hydrogen-bond acceptors (Lipinski definition) is 8. The van der Waals surface area contributed by atoms with Crippen molar-refractivity contribution in [3.05, 3.63) is 64.0 Å². The number of ether oxygens (including phenoxy) is 1. The number of amides is 1. The summed E-state index contributed by atoms with van der Waals surface area (Å²) >= 11 is 3.06. The summed E-state index contributed by atoms with van der Waals surface area (Å²) in [4.78, 5) is 17.2. The molecule has 3 rings (SSSR count). The third-order valence-electron chi connectivity index (χ3n) is 3.63. The first-order valence-electron chi connectivity index (χ1n) is 8.21. The molecule has 0 fully saturated rings. The number of oxime groups is 1. The van der Waals surface area contributed by atoms with Crippen LogP contribution in [0.25, 0.3) is 0 Å². The van der Waals surface area contributed by atoms with Gasteiger partial charge in [0, 0.05) is 5.56 Å². The average Bonchev–Trinajstić information content (AvgIpc) is 3.15. The van der Waals surface area contributed by atoms with E-state index in [-0.39, 0.29) is 28.3 Å². The molecule has 0 aliphatic heterocycles. The van der Waals surface area contributed by atoms with E-state index in [0.29, 0.717) is 11.4 Å². The SMILES string of the molecule is COc1ccccc1CC(=O)Nc1nonc1/C=N/ONc1ccc(F)c(Br)c1. The number of methoxy groups -OCH3 is 1. The Bertz CT molecular complexity index is 1030. The van der Waals surface area contributed by atoms with Crippen molar-refractivity contribution in [3.63, 3.8) is 0 Å². The molecule has 3 aromatic rings. The van der Waals surface area contributed by atoms with E-state index in [9.17, 15) is 9.18 Å². The number of hydrogen-bond donors (Lipinski definition) is 2. The Labute approximate surface area is 172 Å². The Kier molecular flexibility index (Phi) is 6.74. The zero-order chi connectivity index (χ0) is 20.6. The van der Waals surface area contributed by atoms with Gasteiger partial charge >= 0.3 is 0 Å². The number of halogens is 2. The first-order chi connectivity index (χ1) is 14.1. The van der Waals surface area contributed by atoms with Crippen LogP contribution in [0.1, 0.15) is 11.3 Å². The highest BCUT2D eigenvalue weighted by atomic mass is 79.9. The molecule has 0 saturated heterocycles. The first-order valence-corrected chi connectivity index (χ1v) is 9.01. The second-order valence-corrected chi connectivity index (χ2v) is 6.45. The van der Waals surface area contributed by atoms with Crippen LogP contribution in [0, 0.1) is 5.82 Å². The summed E-state index contributed by atoms with van der Waals surface area (Å²) in [7, 11) is 1.53. The Morgan fingerprint density at radius 1 is 1.31 bits per heavy atom. The van der Waals surface area contributed by atoms with Gasteiger partial charge in [0.25, 0.3) is 0 Å². The number of anilines is 2. The van der Waals surface area contributed by atoms with E-state index >= 15 is 0 Å². The lowest BCUT2D eigenvalue weighted by Crippen LogP contribution is -2.16. The number of nitrogens with zero attached hydrogens (tertiary/aromatic N) is 3. The summed E-state index contributed by atoms with van der Waals surface area (Å²) in [6.45, 7) is 0.